The SMILES string of the molecule is Cc1ccc(-c2noc([C@@H]3C[C@@H](O)CN3CC3CC3)n2)cc1F. The van der Waals surface area contributed by atoms with Gasteiger partial charge in [0.2, 0.25) is 11.7 Å². The molecule has 2 aromatic rings. The number of halogens is 1. The van der Waals surface area contributed by atoms with Crippen molar-refractivity contribution in [3.05, 3.63) is 35.5 Å². The molecule has 5 nitrogen and oxygen atoms in total. The van der Waals surface area contributed by atoms with Gasteiger partial charge in [-0.15, -0.1) is 0 Å². The van der Waals surface area contributed by atoms with Crippen LogP contribution in [0.15, 0.2) is 22.7 Å². The van der Waals surface area contributed by atoms with Crippen molar-refractivity contribution >= 4 is 0 Å². The van der Waals surface area contributed by atoms with E-state index in [4.69, 9.17) is 4.52 Å². The van der Waals surface area contributed by atoms with E-state index in [1.54, 1.807) is 19.1 Å². The summed E-state index contributed by atoms with van der Waals surface area (Å²) in [5.41, 5.74) is 1.20. The second kappa shape index (κ2) is 5.69. The normalized spacial score (nSPS) is 25.2. The number of aliphatic hydroxyl groups excluding tert-OH is 1. The number of hydrogen-bond acceptors (Lipinski definition) is 5. The van der Waals surface area contributed by atoms with Crippen molar-refractivity contribution in [1.82, 2.24) is 15.0 Å². The minimum Gasteiger partial charge on any atom is -0.392 e. The lowest BCUT2D eigenvalue weighted by Crippen LogP contribution is -2.27. The average molecular weight is 317 g/mol. The third-order valence-corrected chi connectivity index (χ3v) is 4.73. The Balaban J connectivity index is 1.57. The molecule has 1 aromatic carbocycles. The van der Waals surface area contributed by atoms with Gasteiger partial charge in [0.05, 0.1) is 12.1 Å². The van der Waals surface area contributed by atoms with E-state index in [0.29, 0.717) is 35.8 Å². The molecule has 1 saturated heterocycles. The van der Waals surface area contributed by atoms with E-state index in [2.05, 4.69) is 15.0 Å². The van der Waals surface area contributed by atoms with Gasteiger partial charge in [-0.2, -0.15) is 4.98 Å². The number of aryl methyl sites for hydroxylation is 1. The number of benzene rings is 1. The van der Waals surface area contributed by atoms with Crippen molar-refractivity contribution in [2.75, 3.05) is 13.1 Å². The van der Waals surface area contributed by atoms with Gasteiger partial charge in [0.25, 0.3) is 0 Å². The van der Waals surface area contributed by atoms with Gasteiger partial charge in [0.1, 0.15) is 5.82 Å². The van der Waals surface area contributed by atoms with Gasteiger partial charge in [-0.25, -0.2) is 4.39 Å². The van der Waals surface area contributed by atoms with Crippen molar-refractivity contribution in [3.8, 4) is 11.4 Å². The van der Waals surface area contributed by atoms with Crippen LogP contribution in [0.25, 0.3) is 11.4 Å². The maximum atomic E-state index is 13.7. The average Bonchev–Trinajstić information content (AvgIpc) is 3.06. The summed E-state index contributed by atoms with van der Waals surface area (Å²) < 4.78 is 19.1. The van der Waals surface area contributed by atoms with Crippen LogP contribution in [0.4, 0.5) is 4.39 Å². The Morgan fingerprint density at radius 3 is 2.96 bits per heavy atom. The molecule has 0 bridgehead atoms. The Morgan fingerprint density at radius 2 is 2.22 bits per heavy atom. The standard InChI is InChI=1S/C17H20FN3O2/c1-10-2-5-12(6-14(10)18)16-19-17(23-20-16)15-7-13(22)9-21(15)8-11-3-4-11/h2,5-6,11,13,15,22H,3-4,7-9H2,1H3/t13-,15+/m1/s1. The molecule has 2 fully saturated rings. The number of rotatable bonds is 4. The first kappa shape index (κ1) is 14.8. The highest BCUT2D eigenvalue weighted by Gasteiger charge is 2.38. The summed E-state index contributed by atoms with van der Waals surface area (Å²) in [4.78, 5) is 6.68. The zero-order chi connectivity index (χ0) is 16.0. The first-order valence-electron chi connectivity index (χ1n) is 8.12. The van der Waals surface area contributed by atoms with Crippen molar-refractivity contribution in [2.45, 2.75) is 38.3 Å². The van der Waals surface area contributed by atoms with Crippen molar-refractivity contribution in [3.63, 3.8) is 0 Å². The van der Waals surface area contributed by atoms with Crippen LogP contribution in [0.3, 0.4) is 0 Å². The number of hydrogen-bond donors (Lipinski definition) is 1. The van der Waals surface area contributed by atoms with Gasteiger partial charge < -0.3 is 9.63 Å². The Kier molecular flexibility index (Phi) is 3.66. The largest absolute Gasteiger partial charge is 0.392 e. The molecule has 6 heteroatoms. The first-order valence-corrected chi connectivity index (χ1v) is 8.12. The molecule has 4 rings (SSSR count). The van der Waals surface area contributed by atoms with Crippen LogP contribution in [0.1, 0.15) is 36.8 Å². The quantitative estimate of drug-likeness (QED) is 0.939. The van der Waals surface area contributed by atoms with Gasteiger partial charge in [0.15, 0.2) is 0 Å². The number of aliphatic hydroxyl groups is 1. The zero-order valence-electron chi connectivity index (χ0n) is 13.1. The smallest absolute Gasteiger partial charge is 0.244 e. The lowest BCUT2D eigenvalue weighted by Gasteiger charge is -2.20. The third kappa shape index (κ3) is 3.01. The molecule has 1 aliphatic heterocycles. The van der Waals surface area contributed by atoms with Gasteiger partial charge in [-0.3, -0.25) is 4.90 Å². The van der Waals surface area contributed by atoms with E-state index in [0.717, 1.165) is 12.5 Å². The topological polar surface area (TPSA) is 62.4 Å². The van der Waals surface area contributed by atoms with Crippen LogP contribution < -0.4 is 0 Å². The van der Waals surface area contributed by atoms with Crippen molar-refractivity contribution < 1.29 is 14.0 Å². The van der Waals surface area contributed by atoms with Crippen LogP contribution in [0, 0.1) is 18.7 Å². The molecular weight excluding hydrogens is 297 g/mol. The number of likely N-dealkylation sites (tertiary alicyclic amines) is 1. The molecule has 2 heterocycles. The van der Waals surface area contributed by atoms with E-state index in [1.165, 1.54) is 18.9 Å². The molecule has 2 atom stereocenters. The third-order valence-electron chi connectivity index (χ3n) is 4.73. The maximum Gasteiger partial charge on any atom is 0.244 e. The molecule has 1 N–H and O–H groups in total. The molecule has 1 aliphatic carbocycles. The van der Waals surface area contributed by atoms with Crippen LogP contribution in [0.5, 0.6) is 0 Å². The molecule has 0 unspecified atom stereocenters. The molecule has 1 aromatic heterocycles. The summed E-state index contributed by atoms with van der Waals surface area (Å²) in [7, 11) is 0. The molecule has 2 aliphatic rings. The van der Waals surface area contributed by atoms with E-state index in [9.17, 15) is 9.50 Å². The summed E-state index contributed by atoms with van der Waals surface area (Å²) in [5, 5.41) is 14.0. The zero-order valence-corrected chi connectivity index (χ0v) is 13.1. The molecule has 0 amide bonds. The minimum absolute atomic E-state index is 0.0397. The Morgan fingerprint density at radius 1 is 1.39 bits per heavy atom. The summed E-state index contributed by atoms with van der Waals surface area (Å²) in [6, 6.07) is 4.88. The second-order valence-corrected chi connectivity index (χ2v) is 6.72. The molecule has 23 heavy (non-hydrogen) atoms. The predicted octanol–water partition coefficient (Wildman–Crippen LogP) is 2.70. The monoisotopic (exact) mass is 317 g/mol. The second-order valence-electron chi connectivity index (χ2n) is 6.72. The Labute approximate surface area is 134 Å². The van der Waals surface area contributed by atoms with Crippen molar-refractivity contribution in [2.24, 2.45) is 5.92 Å². The fourth-order valence-corrected chi connectivity index (χ4v) is 3.19. The summed E-state index contributed by atoms with van der Waals surface area (Å²) in [6.45, 7) is 3.34. The van der Waals surface area contributed by atoms with Crippen molar-refractivity contribution in [1.29, 1.82) is 0 Å². The van der Waals surface area contributed by atoms with E-state index >= 15 is 0 Å². The van der Waals surface area contributed by atoms with Crippen LogP contribution >= 0.6 is 0 Å². The van der Waals surface area contributed by atoms with Crippen LogP contribution in [0.2, 0.25) is 0 Å². The fraction of sp³-hybridized carbons (Fsp3) is 0.529. The van der Waals surface area contributed by atoms with E-state index < -0.39 is 0 Å². The molecule has 0 spiro atoms. The summed E-state index contributed by atoms with van der Waals surface area (Å²) >= 11 is 0. The number of nitrogens with zero attached hydrogens (tertiary/aromatic N) is 3. The van der Waals surface area contributed by atoms with Crippen LogP contribution in [-0.4, -0.2) is 39.3 Å². The molecular formula is C17H20FN3O2. The minimum atomic E-state index is -0.356. The predicted molar refractivity (Wildman–Crippen MR) is 82.1 cm³/mol. The molecule has 0 radical (unpaired) electrons. The van der Waals surface area contributed by atoms with Gasteiger partial charge in [0, 0.05) is 18.7 Å². The Hall–Kier alpha value is -1.79. The van der Waals surface area contributed by atoms with Gasteiger partial charge >= 0.3 is 0 Å². The van der Waals surface area contributed by atoms with Gasteiger partial charge in [-0.1, -0.05) is 17.3 Å². The maximum absolute atomic E-state index is 13.7. The molecule has 1 saturated carbocycles. The lowest BCUT2D eigenvalue weighted by atomic mass is 10.1. The lowest BCUT2D eigenvalue weighted by molar-refractivity contribution is 0.170. The Bertz CT molecular complexity index is 714. The van der Waals surface area contributed by atoms with E-state index in [-0.39, 0.29) is 18.0 Å². The van der Waals surface area contributed by atoms with Crippen LogP contribution in [-0.2, 0) is 0 Å². The van der Waals surface area contributed by atoms with Gasteiger partial charge in [-0.05, 0) is 43.7 Å². The number of β-amino-alcohol motifs (C(OH)–C–C–N with tert-alkyl or cyclic N) is 1. The molecule has 122 valence electrons. The fourth-order valence-electron chi connectivity index (χ4n) is 3.19. The summed E-state index contributed by atoms with van der Waals surface area (Å²) in [5.74, 6) is 1.36. The number of aromatic nitrogens is 2. The highest BCUT2D eigenvalue weighted by Crippen LogP contribution is 2.37. The highest BCUT2D eigenvalue weighted by atomic mass is 19.1. The first-order chi connectivity index (χ1) is 11.1. The highest BCUT2D eigenvalue weighted by molar-refractivity contribution is 5.55. The van der Waals surface area contributed by atoms with E-state index in [1.807, 2.05) is 0 Å². The summed E-state index contributed by atoms with van der Waals surface area (Å²) in [6.07, 6.45) is 2.77.